The summed E-state index contributed by atoms with van der Waals surface area (Å²) in [4.78, 5) is 8.62. The minimum atomic E-state index is -0.434. The number of unbranched alkanes of at least 4 members (excludes halogenated alkanes) is 4. The van der Waals surface area contributed by atoms with E-state index in [4.69, 9.17) is 0 Å². The van der Waals surface area contributed by atoms with Gasteiger partial charge < -0.3 is 0 Å². The van der Waals surface area contributed by atoms with Crippen LogP contribution in [0.2, 0.25) is 0 Å². The third-order valence-corrected chi connectivity index (χ3v) is 3.33. The van der Waals surface area contributed by atoms with Crippen molar-refractivity contribution >= 4 is 24.6 Å². The predicted octanol–water partition coefficient (Wildman–Crippen LogP) is 4.26. The van der Waals surface area contributed by atoms with Crippen LogP contribution < -0.4 is 0 Å². The molecule has 3 heteroatoms. The summed E-state index contributed by atoms with van der Waals surface area (Å²) < 4.78 is 0. The molecule has 1 heterocycles. The van der Waals surface area contributed by atoms with Crippen molar-refractivity contribution in [1.29, 1.82) is 0 Å². The number of thiol groups is 1. The summed E-state index contributed by atoms with van der Waals surface area (Å²) in [5, 5.41) is 0. The van der Waals surface area contributed by atoms with E-state index in [9.17, 15) is 0 Å². The van der Waals surface area contributed by atoms with Crippen LogP contribution in [0.3, 0.4) is 0 Å². The van der Waals surface area contributed by atoms with Gasteiger partial charge in [0, 0.05) is 12.6 Å². The average Bonchev–Trinajstić information content (AvgIpc) is 2.62. The highest BCUT2D eigenvalue weighted by molar-refractivity contribution is 7.81. The maximum Gasteiger partial charge on any atom is 0.194 e. The molecule has 0 fully saturated rings. The third kappa shape index (κ3) is 4.69. The Morgan fingerprint density at radius 2 is 1.81 bits per heavy atom. The van der Waals surface area contributed by atoms with E-state index in [1.54, 1.807) is 0 Å². The van der Waals surface area contributed by atoms with Crippen LogP contribution in [-0.2, 0) is 0 Å². The van der Waals surface area contributed by atoms with Crippen molar-refractivity contribution in [2.75, 3.05) is 0 Å². The van der Waals surface area contributed by atoms with Crippen molar-refractivity contribution in [2.45, 2.75) is 70.2 Å². The van der Waals surface area contributed by atoms with Gasteiger partial charge in [-0.15, -0.1) is 12.6 Å². The lowest BCUT2D eigenvalue weighted by molar-refractivity contribution is 0.550. The Hall–Kier alpha value is -0.310. The number of hydrogen-bond donors (Lipinski definition) is 1. The summed E-state index contributed by atoms with van der Waals surface area (Å²) in [6, 6.07) is 0. The molecule has 0 aromatic heterocycles. The number of nitrogens with zero attached hydrogens (tertiary/aromatic N) is 2. The fourth-order valence-corrected chi connectivity index (χ4v) is 2.22. The highest BCUT2D eigenvalue weighted by Gasteiger charge is 2.26. The summed E-state index contributed by atoms with van der Waals surface area (Å²) in [6.45, 7) is 4.43. The lowest BCUT2D eigenvalue weighted by atomic mass is 10.1. The number of aliphatic imine (C=N–C) groups is 2. The number of hydrogen-bond acceptors (Lipinski definition) is 3. The molecular formula is C13H24N2S. The Labute approximate surface area is 105 Å². The second kappa shape index (κ2) is 7.10. The molecule has 0 bridgehead atoms. The zero-order valence-corrected chi connectivity index (χ0v) is 11.5. The van der Waals surface area contributed by atoms with Gasteiger partial charge in [-0.25, -0.2) is 4.99 Å². The Bertz CT molecular complexity index is 261. The molecule has 0 aliphatic carbocycles. The van der Waals surface area contributed by atoms with E-state index in [-0.39, 0.29) is 0 Å². The molecule has 0 saturated carbocycles. The molecule has 1 rings (SSSR count). The van der Waals surface area contributed by atoms with E-state index in [1.165, 1.54) is 38.5 Å². The first-order valence-electron chi connectivity index (χ1n) is 6.56. The molecule has 0 N–H and O–H groups in total. The fraction of sp³-hybridized carbons (Fsp3) is 0.846. The van der Waals surface area contributed by atoms with E-state index in [0.717, 1.165) is 18.6 Å². The van der Waals surface area contributed by atoms with Crippen LogP contribution >= 0.6 is 12.6 Å². The van der Waals surface area contributed by atoms with E-state index < -0.39 is 4.99 Å². The Balaban J connectivity index is 2.32. The summed E-state index contributed by atoms with van der Waals surface area (Å²) in [5.41, 5.74) is 1.14. The Morgan fingerprint density at radius 3 is 2.50 bits per heavy atom. The van der Waals surface area contributed by atoms with Crippen molar-refractivity contribution in [1.82, 2.24) is 0 Å². The van der Waals surface area contributed by atoms with E-state index in [1.807, 2.05) is 6.21 Å². The monoisotopic (exact) mass is 240 g/mol. The third-order valence-electron chi connectivity index (χ3n) is 2.90. The van der Waals surface area contributed by atoms with Gasteiger partial charge >= 0.3 is 0 Å². The summed E-state index contributed by atoms with van der Waals surface area (Å²) in [6.07, 6.45) is 11.4. The molecule has 92 valence electrons. The maximum absolute atomic E-state index is 4.62. The van der Waals surface area contributed by atoms with Gasteiger partial charge in [0.2, 0.25) is 0 Å². The maximum atomic E-state index is 4.62. The first kappa shape index (κ1) is 13.8. The standard InChI is InChI=1S/C13H24N2S/c1-3-5-7-9-12-11-14-13(16,15-12)10-8-6-4-2/h11,16H,3-10H2,1-2H3. The molecule has 0 amide bonds. The van der Waals surface area contributed by atoms with E-state index >= 15 is 0 Å². The molecule has 1 unspecified atom stereocenters. The molecule has 16 heavy (non-hydrogen) atoms. The molecule has 1 aliphatic rings. The highest BCUT2D eigenvalue weighted by Crippen LogP contribution is 2.29. The van der Waals surface area contributed by atoms with Crippen LogP contribution in [0.1, 0.15) is 65.2 Å². The molecule has 1 atom stereocenters. The lowest BCUT2D eigenvalue weighted by Gasteiger charge is -2.15. The van der Waals surface area contributed by atoms with Gasteiger partial charge in [0.05, 0.1) is 5.71 Å². The van der Waals surface area contributed by atoms with Crippen LogP contribution in [0.25, 0.3) is 0 Å². The molecule has 0 radical (unpaired) electrons. The highest BCUT2D eigenvalue weighted by atomic mass is 32.1. The van der Waals surface area contributed by atoms with Gasteiger partial charge in [-0.1, -0.05) is 39.5 Å². The van der Waals surface area contributed by atoms with Gasteiger partial charge in [0.1, 0.15) is 0 Å². The van der Waals surface area contributed by atoms with Crippen molar-refractivity contribution in [3.05, 3.63) is 0 Å². The zero-order chi connectivity index (χ0) is 11.9. The van der Waals surface area contributed by atoms with Gasteiger partial charge in [0.15, 0.2) is 4.99 Å². The lowest BCUT2D eigenvalue weighted by Crippen LogP contribution is -2.12. The minimum absolute atomic E-state index is 0.434. The molecule has 1 aliphatic heterocycles. The van der Waals surface area contributed by atoms with Crippen LogP contribution in [0, 0.1) is 0 Å². The molecule has 0 saturated heterocycles. The average molecular weight is 240 g/mol. The normalized spacial score (nSPS) is 23.8. The smallest absolute Gasteiger partial charge is 0.194 e. The minimum Gasteiger partial charge on any atom is -0.251 e. The molecule has 0 spiro atoms. The first-order chi connectivity index (χ1) is 7.70. The van der Waals surface area contributed by atoms with Crippen molar-refractivity contribution in [2.24, 2.45) is 9.98 Å². The Morgan fingerprint density at radius 1 is 1.12 bits per heavy atom. The summed E-state index contributed by atoms with van der Waals surface area (Å²) >= 11 is 4.57. The van der Waals surface area contributed by atoms with Gasteiger partial charge in [0.25, 0.3) is 0 Å². The van der Waals surface area contributed by atoms with Crippen LogP contribution in [-0.4, -0.2) is 16.9 Å². The summed E-state index contributed by atoms with van der Waals surface area (Å²) in [7, 11) is 0. The summed E-state index contributed by atoms with van der Waals surface area (Å²) in [5.74, 6) is 0. The van der Waals surface area contributed by atoms with Crippen LogP contribution in [0.4, 0.5) is 0 Å². The van der Waals surface area contributed by atoms with Gasteiger partial charge in [-0.2, -0.15) is 0 Å². The van der Waals surface area contributed by atoms with E-state index in [2.05, 4.69) is 36.5 Å². The van der Waals surface area contributed by atoms with Crippen molar-refractivity contribution in [3.63, 3.8) is 0 Å². The Kier molecular flexibility index (Phi) is 6.10. The quantitative estimate of drug-likeness (QED) is 0.484. The van der Waals surface area contributed by atoms with Gasteiger partial charge in [-0.05, 0) is 19.3 Å². The fourth-order valence-electron chi connectivity index (χ4n) is 1.87. The molecular weight excluding hydrogens is 216 g/mol. The molecule has 0 aromatic carbocycles. The zero-order valence-electron chi connectivity index (χ0n) is 10.6. The largest absolute Gasteiger partial charge is 0.251 e. The van der Waals surface area contributed by atoms with Gasteiger partial charge in [-0.3, -0.25) is 4.99 Å². The van der Waals surface area contributed by atoms with Crippen LogP contribution in [0.5, 0.6) is 0 Å². The van der Waals surface area contributed by atoms with Crippen LogP contribution in [0.15, 0.2) is 9.98 Å². The second-order valence-corrected chi connectivity index (χ2v) is 5.27. The van der Waals surface area contributed by atoms with Crippen molar-refractivity contribution < 1.29 is 0 Å². The first-order valence-corrected chi connectivity index (χ1v) is 7.01. The molecule has 0 aromatic rings. The number of rotatable bonds is 8. The second-order valence-electron chi connectivity index (χ2n) is 4.55. The van der Waals surface area contributed by atoms with E-state index in [0.29, 0.717) is 0 Å². The SMILES string of the molecule is CCCCCC1=NC(S)(CCCCC)N=C1. The van der Waals surface area contributed by atoms with Crippen molar-refractivity contribution in [3.8, 4) is 0 Å². The topological polar surface area (TPSA) is 24.7 Å². The molecule has 2 nitrogen and oxygen atoms in total. The predicted molar refractivity (Wildman–Crippen MR) is 75.9 cm³/mol.